The molecule has 21 heavy (non-hydrogen) atoms. The van der Waals surface area contributed by atoms with Gasteiger partial charge in [-0.1, -0.05) is 26.0 Å². The van der Waals surface area contributed by atoms with Crippen molar-refractivity contribution in [3.8, 4) is 5.75 Å². The van der Waals surface area contributed by atoms with Crippen LogP contribution in [0.4, 0.5) is 0 Å². The number of amides is 1. The van der Waals surface area contributed by atoms with Gasteiger partial charge in [0.2, 0.25) is 0 Å². The van der Waals surface area contributed by atoms with E-state index in [-0.39, 0.29) is 6.61 Å². The van der Waals surface area contributed by atoms with Gasteiger partial charge in [0.05, 0.1) is 0 Å². The number of nitrogens with one attached hydrogen (secondary N) is 1. The summed E-state index contributed by atoms with van der Waals surface area (Å²) in [6.07, 6.45) is 1.01. The number of ether oxygens (including phenoxy) is 2. The molecule has 0 unspecified atom stereocenters. The molecule has 0 spiro atoms. The van der Waals surface area contributed by atoms with Crippen LogP contribution < -0.4 is 15.8 Å². The first-order chi connectivity index (χ1) is 10.1. The van der Waals surface area contributed by atoms with Gasteiger partial charge >= 0.3 is 0 Å². The van der Waals surface area contributed by atoms with E-state index in [1.165, 1.54) is 5.56 Å². The van der Waals surface area contributed by atoms with Crippen LogP contribution in [0.2, 0.25) is 0 Å². The Labute approximate surface area is 126 Å². The molecule has 1 rings (SSSR count). The molecule has 0 fully saturated rings. The van der Waals surface area contributed by atoms with Crippen LogP contribution >= 0.6 is 0 Å². The maximum atomic E-state index is 10.6. The predicted octanol–water partition coefficient (Wildman–Crippen LogP) is 1.70. The smallest absolute Gasteiger partial charge is 0.255 e. The highest BCUT2D eigenvalue weighted by Gasteiger charge is 1.98. The van der Waals surface area contributed by atoms with E-state index in [4.69, 9.17) is 15.2 Å². The van der Waals surface area contributed by atoms with Crippen LogP contribution in [-0.4, -0.2) is 32.3 Å². The van der Waals surface area contributed by atoms with Crippen molar-refractivity contribution in [2.45, 2.75) is 26.8 Å². The summed E-state index contributed by atoms with van der Waals surface area (Å²) in [5.74, 6) is 0.772. The highest BCUT2D eigenvalue weighted by molar-refractivity contribution is 5.75. The quantitative estimate of drug-likeness (QED) is 0.609. The van der Waals surface area contributed by atoms with Crippen LogP contribution in [0.3, 0.4) is 0 Å². The normalized spacial score (nSPS) is 10.8. The zero-order valence-electron chi connectivity index (χ0n) is 12.9. The Hall–Kier alpha value is -1.59. The largest absolute Gasteiger partial charge is 0.484 e. The summed E-state index contributed by atoms with van der Waals surface area (Å²) in [4.78, 5) is 10.6. The second-order valence-electron chi connectivity index (χ2n) is 5.40. The average Bonchev–Trinajstić information content (AvgIpc) is 2.45. The third-order valence-corrected chi connectivity index (χ3v) is 2.73. The predicted molar refractivity (Wildman–Crippen MR) is 83.1 cm³/mol. The molecule has 0 radical (unpaired) electrons. The van der Waals surface area contributed by atoms with Crippen molar-refractivity contribution < 1.29 is 14.3 Å². The van der Waals surface area contributed by atoms with Gasteiger partial charge < -0.3 is 20.5 Å². The highest BCUT2D eigenvalue weighted by Crippen LogP contribution is 2.11. The Morgan fingerprint density at radius 1 is 1.29 bits per heavy atom. The second-order valence-corrected chi connectivity index (χ2v) is 5.40. The van der Waals surface area contributed by atoms with Crippen LogP contribution in [0.15, 0.2) is 24.3 Å². The Kier molecular flexibility index (Phi) is 8.47. The maximum Gasteiger partial charge on any atom is 0.255 e. The number of carbonyl (C=O) groups is 1. The third kappa shape index (κ3) is 9.05. The molecule has 0 aliphatic carbocycles. The summed E-state index contributed by atoms with van der Waals surface area (Å²) < 4.78 is 10.7. The fourth-order valence-electron chi connectivity index (χ4n) is 1.71. The molecule has 0 bridgehead atoms. The molecule has 118 valence electrons. The van der Waals surface area contributed by atoms with Crippen LogP contribution in [0.5, 0.6) is 5.75 Å². The minimum Gasteiger partial charge on any atom is -0.484 e. The van der Waals surface area contributed by atoms with Crippen molar-refractivity contribution in [3.05, 3.63) is 29.8 Å². The van der Waals surface area contributed by atoms with Crippen LogP contribution in [0.1, 0.15) is 25.8 Å². The average molecular weight is 294 g/mol. The highest BCUT2D eigenvalue weighted by atomic mass is 16.5. The van der Waals surface area contributed by atoms with Gasteiger partial charge in [-0.2, -0.15) is 0 Å². The Balaban J connectivity index is 2.11. The number of hydrogen-bond acceptors (Lipinski definition) is 4. The van der Waals surface area contributed by atoms with Crippen molar-refractivity contribution in [2.75, 3.05) is 26.4 Å². The van der Waals surface area contributed by atoms with Crippen molar-refractivity contribution in [2.24, 2.45) is 11.7 Å². The van der Waals surface area contributed by atoms with Gasteiger partial charge in [0.1, 0.15) is 5.75 Å². The van der Waals surface area contributed by atoms with Gasteiger partial charge in [-0.05, 0) is 36.6 Å². The minimum atomic E-state index is -0.472. The van der Waals surface area contributed by atoms with E-state index in [1.54, 1.807) is 0 Å². The molecule has 0 saturated carbocycles. The summed E-state index contributed by atoms with van der Waals surface area (Å²) >= 11 is 0. The second kappa shape index (κ2) is 10.2. The molecule has 5 nitrogen and oxygen atoms in total. The van der Waals surface area contributed by atoms with Crippen molar-refractivity contribution >= 4 is 5.91 Å². The lowest BCUT2D eigenvalue weighted by atomic mass is 10.2. The minimum absolute atomic E-state index is 0.0893. The number of primary amides is 1. The third-order valence-electron chi connectivity index (χ3n) is 2.73. The molecule has 0 aliphatic heterocycles. The first-order valence-corrected chi connectivity index (χ1v) is 7.36. The zero-order valence-corrected chi connectivity index (χ0v) is 12.9. The maximum absolute atomic E-state index is 10.6. The lowest BCUT2D eigenvalue weighted by Gasteiger charge is -2.08. The topological polar surface area (TPSA) is 73.6 Å². The van der Waals surface area contributed by atoms with Crippen molar-refractivity contribution in [1.82, 2.24) is 5.32 Å². The molecular weight excluding hydrogens is 268 g/mol. The molecule has 3 N–H and O–H groups in total. The standard InChI is InChI=1S/C16H26N2O3/c1-13(2)11-20-9-3-8-18-10-14-4-6-15(7-5-14)21-12-16(17)19/h4-7,13,18H,3,8-12H2,1-2H3,(H2,17,19). The van der Waals surface area contributed by atoms with E-state index in [0.717, 1.165) is 32.7 Å². The SMILES string of the molecule is CC(C)COCCCNCc1ccc(OCC(N)=O)cc1. The van der Waals surface area contributed by atoms with Crippen LogP contribution in [-0.2, 0) is 16.1 Å². The summed E-state index contributed by atoms with van der Waals surface area (Å²) in [7, 11) is 0. The Morgan fingerprint density at radius 3 is 2.62 bits per heavy atom. The van der Waals surface area contributed by atoms with Gasteiger partial charge in [-0.25, -0.2) is 0 Å². The molecular formula is C16H26N2O3. The lowest BCUT2D eigenvalue weighted by molar-refractivity contribution is -0.119. The fourth-order valence-corrected chi connectivity index (χ4v) is 1.71. The van der Waals surface area contributed by atoms with E-state index in [9.17, 15) is 4.79 Å². The summed E-state index contributed by atoms with van der Waals surface area (Å²) in [6, 6.07) is 7.62. The zero-order chi connectivity index (χ0) is 15.5. The number of nitrogens with two attached hydrogens (primary N) is 1. The fraction of sp³-hybridized carbons (Fsp3) is 0.562. The van der Waals surface area contributed by atoms with Gasteiger partial charge in [0.15, 0.2) is 6.61 Å². The summed E-state index contributed by atoms with van der Waals surface area (Å²) in [5, 5.41) is 3.36. The van der Waals surface area contributed by atoms with E-state index < -0.39 is 5.91 Å². The number of hydrogen-bond donors (Lipinski definition) is 2. The molecule has 0 aromatic heterocycles. The molecule has 0 saturated heterocycles. The molecule has 1 aromatic rings. The summed E-state index contributed by atoms with van der Waals surface area (Å²) in [6.45, 7) is 7.56. The van der Waals surface area contributed by atoms with Gasteiger partial charge in [-0.15, -0.1) is 0 Å². The molecule has 0 aliphatic rings. The van der Waals surface area contributed by atoms with Crippen LogP contribution in [0.25, 0.3) is 0 Å². The summed E-state index contributed by atoms with van der Waals surface area (Å²) in [5.41, 5.74) is 6.19. The van der Waals surface area contributed by atoms with Crippen LogP contribution in [0, 0.1) is 5.92 Å². The lowest BCUT2D eigenvalue weighted by Crippen LogP contribution is -2.20. The molecule has 5 heteroatoms. The molecule has 0 heterocycles. The van der Waals surface area contributed by atoms with Crippen molar-refractivity contribution in [1.29, 1.82) is 0 Å². The monoisotopic (exact) mass is 294 g/mol. The Bertz CT molecular complexity index is 404. The molecule has 1 amide bonds. The number of benzene rings is 1. The molecule has 0 atom stereocenters. The number of rotatable bonds is 11. The Morgan fingerprint density at radius 2 is 2.00 bits per heavy atom. The van der Waals surface area contributed by atoms with E-state index >= 15 is 0 Å². The van der Waals surface area contributed by atoms with Gasteiger partial charge in [0, 0.05) is 19.8 Å². The van der Waals surface area contributed by atoms with Crippen molar-refractivity contribution in [3.63, 3.8) is 0 Å². The first kappa shape index (κ1) is 17.5. The van der Waals surface area contributed by atoms with E-state index in [0.29, 0.717) is 11.7 Å². The van der Waals surface area contributed by atoms with E-state index in [2.05, 4.69) is 19.2 Å². The first-order valence-electron chi connectivity index (χ1n) is 7.36. The van der Waals surface area contributed by atoms with Gasteiger partial charge in [-0.3, -0.25) is 4.79 Å². The van der Waals surface area contributed by atoms with E-state index in [1.807, 2.05) is 24.3 Å². The van der Waals surface area contributed by atoms with Gasteiger partial charge in [0.25, 0.3) is 5.91 Å². The number of carbonyl (C=O) groups excluding carboxylic acids is 1. The molecule has 1 aromatic carbocycles.